The number of nitrogens with zero attached hydrogens (tertiary/aromatic N) is 2. The van der Waals surface area contributed by atoms with Crippen LogP contribution in [-0.2, 0) is 14.3 Å². The first kappa shape index (κ1) is 18.1. The monoisotopic (exact) mass is 372 g/mol. The Hall–Kier alpha value is -2.67. The quantitative estimate of drug-likeness (QED) is 0.637. The molecular weight excluding hydrogens is 352 g/mol. The maximum absolute atomic E-state index is 12.7. The SMILES string of the molecule is Cc1cc(C)c2c(-n3cccc3)c(C(=O)OCC(=O)OC(C)C)sc2n1. The third-order valence-corrected chi connectivity index (χ3v) is 4.75. The zero-order valence-electron chi connectivity index (χ0n) is 15.1. The van der Waals surface area contributed by atoms with Crippen molar-refractivity contribution in [1.82, 2.24) is 9.55 Å². The fraction of sp³-hybridized carbons (Fsp3) is 0.316. The highest BCUT2D eigenvalue weighted by molar-refractivity contribution is 7.21. The zero-order chi connectivity index (χ0) is 18.8. The lowest BCUT2D eigenvalue weighted by atomic mass is 10.1. The molecule has 0 amide bonds. The number of aryl methyl sites for hydroxylation is 2. The number of ether oxygens (including phenoxy) is 2. The number of rotatable bonds is 5. The molecule has 136 valence electrons. The smallest absolute Gasteiger partial charge is 0.351 e. The summed E-state index contributed by atoms with van der Waals surface area (Å²) < 4.78 is 12.1. The first-order valence-corrected chi connectivity index (χ1v) is 9.09. The maximum atomic E-state index is 12.7. The largest absolute Gasteiger partial charge is 0.460 e. The standard InChI is InChI=1S/C19H20N2O4S/c1-11(2)25-14(22)10-24-19(23)17-16(21-7-5-6-8-21)15-12(3)9-13(4)20-18(15)26-17/h5-9,11H,10H2,1-4H3. The number of thiophene rings is 1. The Morgan fingerprint density at radius 3 is 2.58 bits per heavy atom. The molecule has 3 aromatic rings. The summed E-state index contributed by atoms with van der Waals surface area (Å²) in [5, 5.41) is 0.911. The molecule has 3 aromatic heterocycles. The molecule has 0 spiro atoms. The summed E-state index contributed by atoms with van der Waals surface area (Å²) >= 11 is 1.27. The van der Waals surface area contributed by atoms with Gasteiger partial charge in [-0.3, -0.25) is 0 Å². The van der Waals surface area contributed by atoms with Crippen molar-refractivity contribution in [3.05, 3.63) is 46.7 Å². The van der Waals surface area contributed by atoms with Crippen LogP contribution >= 0.6 is 11.3 Å². The molecule has 0 bridgehead atoms. The number of hydrogen-bond acceptors (Lipinski definition) is 6. The molecule has 0 aliphatic rings. The number of esters is 2. The van der Waals surface area contributed by atoms with Gasteiger partial charge in [0.05, 0.1) is 11.8 Å². The fourth-order valence-electron chi connectivity index (χ4n) is 2.78. The molecule has 0 unspecified atom stereocenters. The summed E-state index contributed by atoms with van der Waals surface area (Å²) in [5.74, 6) is -1.13. The molecule has 0 saturated heterocycles. The van der Waals surface area contributed by atoms with Gasteiger partial charge in [-0.25, -0.2) is 14.6 Å². The van der Waals surface area contributed by atoms with Gasteiger partial charge in [0.2, 0.25) is 0 Å². The third-order valence-electron chi connectivity index (χ3n) is 3.70. The Morgan fingerprint density at radius 2 is 1.92 bits per heavy atom. The molecule has 6 nitrogen and oxygen atoms in total. The van der Waals surface area contributed by atoms with Crippen LogP contribution in [0.5, 0.6) is 0 Å². The molecule has 3 rings (SSSR count). The van der Waals surface area contributed by atoms with Crippen LogP contribution in [0.15, 0.2) is 30.6 Å². The van der Waals surface area contributed by atoms with Gasteiger partial charge in [0.15, 0.2) is 6.61 Å². The van der Waals surface area contributed by atoms with Gasteiger partial charge in [0.25, 0.3) is 0 Å². The van der Waals surface area contributed by atoms with Crippen molar-refractivity contribution < 1.29 is 19.1 Å². The second kappa shape index (κ2) is 7.29. The Morgan fingerprint density at radius 1 is 1.23 bits per heavy atom. The van der Waals surface area contributed by atoms with Crippen LogP contribution in [0.1, 0.15) is 34.8 Å². The topological polar surface area (TPSA) is 70.4 Å². The van der Waals surface area contributed by atoms with E-state index in [0.717, 1.165) is 27.2 Å². The normalized spacial score (nSPS) is 11.1. The summed E-state index contributed by atoms with van der Waals surface area (Å²) in [5.41, 5.74) is 2.64. The van der Waals surface area contributed by atoms with E-state index in [1.165, 1.54) is 11.3 Å². The number of aromatic nitrogens is 2. The van der Waals surface area contributed by atoms with Crippen molar-refractivity contribution in [3.8, 4) is 5.69 Å². The van der Waals surface area contributed by atoms with E-state index >= 15 is 0 Å². The minimum atomic E-state index is -0.567. The number of hydrogen-bond donors (Lipinski definition) is 0. The highest BCUT2D eigenvalue weighted by Gasteiger charge is 2.24. The van der Waals surface area contributed by atoms with Crippen LogP contribution in [0.25, 0.3) is 15.9 Å². The maximum Gasteiger partial charge on any atom is 0.351 e. The average Bonchev–Trinajstić information content (AvgIpc) is 3.18. The van der Waals surface area contributed by atoms with Gasteiger partial charge in [-0.15, -0.1) is 11.3 Å². The summed E-state index contributed by atoms with van der Waals surface area (Å²) in [7, 11) is 0. The number of fused-ring (bicyclic) bond motifs is 1. The Bertz CT molecular complexity index is 958. The highest BCUT2D eigenvalue weighted by Crippen LogP contribution is 2.36. The molecule has 0 aliphatic heterocycles. The molecule has 0 radical (unpaired) electrons. The van der Waals surface area contributed by atoms with Crippen LogP contribution in [0.4, 0.5) is 0 Å². The van der Waals surface area contributed by atoms with E-state index in [2.05, 4.69) is 4.98 Å². The van der Waals surface area contributed by atoms with Crippen LogP contribution in [0.3, 0.4) is 0 Å². The second-order valence-corrected chi connectivity index (χ2v) is 7.24. The summed E-state index contributed by atoms with van der Waals surface area (Å²) in [6.45, 7) is 6.98. The molecule has 3 heterocycles. The molecule has 0 saturated carbocycles. The molecule has 0 aliphatic carbocycles. The zero-order valence-corrected chi connectivity index (χ0v) is 15.9. The van der Waals surface area contributed by atoms with Gasteiger partial charge in [0.1, 0.15) is 9.71 Å². The molecule has 0 N–H and O–H groups in total. The summed E-state index contributed by atoms with van der Waals surface area (Å²) in [6, 6.07) is 5.75. The van der Waals surface area contributed by atoms with E-state index in [-0.39, 0.29) is 6.10 Å². The summed E-state index contributed by atoms with van der Waals surface area (Å²) in [6.07, 6.45) is 3.48. The van der Waals surface area contributed by atoms with Crippen molar-refractivity contribution in [2.45, 2.75) is 33.8 Å². The third kappa shape index (κ3) is 3.62. The molecular formula is C19H20N2O4S. The Kier molecular flexibility index (Phi) is 5.08. The summed E-state index contributed by atoms with van der Waals surface area (Å²) in [4.78, 5) is 30.0. The minimum Gasteiger partial charge on any atom is -0.460 e. The van der Waals surface area contributed by atoms with E-state index < -0.39 is 18.5 Å². The minimum absolute atomic E-state index is 0.254. The van der Waals surface area contributed by atoms with Gasteiger partial charge in [-0.2, -0.15) is 0 Å². The van der Waals surface area contributed by atoms with Crippen LogP contribution in [-0.4, -0.2) is 34.2 Å². The van der Waals surface area contributed by atoms with Crippen LogP contribution in [0, 0.1) is 13.8 Å². The number of carbonyl (C=O) groups excluding carboxylic acids is 2. The lowest BCUT2D eigenvalue weighted by Crippen LogP contribution is -2.19. The highest BCUT2D eigenvalue weighted by atomic mass is 32.1. The predicted octanol–water partition coefficient (Wildman–Crippen LogP) is 3.81. The van der Waals surface area contributed by atoms with Gasteiger partial charge in [-0.1, -0.05) is 0 Å². The first-order valence-electron chi connectivity index (χ1n) is 8.27. The van der Waals surface area contributed by atoms with E-state index in [9.17, 15) is 9.59 Å². The first-order chi connectivity index (χ1) is 12.4. The predicted molar refractivity (Wildman–Crippen MR) is 99.9 cm³/mol. The van der Waals surface area contributed by atoms with Crippen molar-refractivity contribution in [3.63, 3.8) is 0 Å². The van der Waals surface area contributed by atoms with E-state index in [1.54, 1.807) is 13.8 Å². The second-order valence-electron chi connectivity index (χ2n) is 6.25. The van der Waals surface area contributed by atoms with E-state index in [0.29, 0.717) is 4.88 Å². The van der Waals surface area contributed by atoms with Gasteiger partial charge in [-0.05, 0) is 51.5 Å². The lowest BCUT2D eigenvalue weighted by Gasteiger charge is -2.09. The Labute approximate surface area is 155 Å². The van der Waals surface area contributed by atoms with Crippen LogP contribution < -0.4 is 0 Å². The van der Waals surface area contributed by atoms with Crippen LogP contribution in [0.2, 0.25) is 0 Å². The van der Waals surface area contributed by atoms with Crippen molar-refractivity contribution in [2.24, 2.45) is 0 Å². The molecule has 0 aromatic carbocycles. The molecule has 7 heteroatoms. The molecule has 0 fully saturated rings. The average molecular weight is 372 g/mol. The Balaban J connectivity index is 2.00. The van der Waals surface area contributed by atoms with E-state index in [4.69, 9.17) is 9.47 Å². The van der Waals surface area contributed by atoms with Gasteiger partial charge >= 0.3 is 11.9 Å². The molecule has 0 atom stereocenters. The number of carbonyl (C=O) groups is 2. The number of pyridine rings is 1. The van der Waals surface area contributed by atoms with Crippen molar-refractivity contribution in [1.29, 1.82) is 0 Å². The fourth-order valence-corrected chi connectivity index (χ4v) is 3.97. The van der Waals surface area contributed by atoms with E-state index in [1.807, 2.05) is 49.0 Å². The van der Waals surface area contributed by atoms with Gasteiger partial charge < -0.3 is 14.0 Å². The van der Waals surface area contributed by atoms with Gasteiger partial charge in [0, 0.05) is 23.5 Å². The van der Waals surface area contributed by atoms with Crippen molar-refractivity contribution >= 4 is 33.5 Å². The molecule has 26 heavy (non-hydrogen) atoms. The lowest BCUT2D eigenvalue weighted by molar-refractivity contribution is -0.150. The van der Waals surface area contributed by atoms with Crippen molar-refractivity contribution in [2.75, 3.05) is 6.61 Å².